The van der Waals surface area contributed by atoms with Crippen LogP contribution in [0, 0.1) is 5.41 Å². The van der Waals surface area contributed by atoms with Gasteiger partial charge in [-0.15, -0.1) is 22.7 Å². The molecule has 0 aromatic carbocycles. The van der Waals surface area contributed by atoms with Gasteiger partial charge in [-0.1, -0.05) is 32.9 Å². The number of amides is 1. The second-order valence-corrected chi connectivity index (χ2v) is 10.3. The van der Waals surface area contributed by atoms with Gasteiger partial charge in [0.05, 0.1) is 23.2 Å². The monoisotopic (exact) mass is 419 g/mol. The summed E-state index contributed by atoms with van der Waals surface area (Å²) in [6.45, 7) is 8.47. The fourth-order valence-electron chi connectivity index (χ4n) is 3.48. The molecule has 1 amide bonds. The number of aliphatic hydroxyl groups excluding tert-OH is 1. The summed E-state index contributed by atoms with van der Waals surface area (Å²) in [5.74, 6) is 0.0205. The van der Waals surface area contributed by atoms with Crippen LogP contribution in [-0.4, -0.2) is 52.9 Å². The molecular weight excluding hydrogens is 390 g/mol. The van der Waals surface area contributed by atoms with Crippen LogP contribution in [0.25, 0.3) is 0 Å². The van der Waals surface area contributed by atoms with Gasteiger partial charge < -0.3 is 5.11 Å². The Bertz CT molecular complexity index is 779. The highest BCUT2D eigenvalue weighted by Gasteiger charge is 2.34. The van der Waals surface area contributed by atoms with Gasteiger partial charge in [0.15, 0.2) is 0 Å². The third kappa shape index (κ3) is 5.50. The molecule has 0 bridgehead atoms. The first kappa shape index (κ1) is 21.2. The Balaban J connectivity index is 1.79. The zero-order valence-corrected chi connectivity index (χ0v) is 18.4. The summed E-state index contributed by atoms with van der Waals surface area (Å²) in [5.41, 5.74) is 1.07. The molecule has 1 unspecified atom stereocenters. The van der Waals surface area contributed by atoms with Gasteiger partial charge in [0.25, 0.3) is 5.91 Å². The fraction of sp³-hybridized carbons (Fsp3) is 0.524. The molecule has 0 radical (unpaired) electrons. The van der Waals surface area contributed by atoms with Gasteiger partial charge in [0.2, 0.25) is 0 Å². The zero-order chi connectivity index (χ0) is 20.1. The Kier molecular flexibility index (Phi) is 7.04. The number of carbonyl (C=O) groups excluding carboxylic acids is 1. The van der Waals surface area contributed by atoms with Crippen molar-refractivity contribution < 1.29 is 9.90 Å². The van der Waals surface area contributed by atoms with Crippen LogP contribution >= 0.6 is 22.7 Å². The van der Waals surface area contributed by atoms with Crippen molar-refractivity contribution in [3.05, 3.63) is 44.8 Å². The van der Waals surface area contributed by atoms with Crippen molar-refractivity contribution in [2.45, 2.75) is 39.7 Å². The first-order valence-electron chi connectivity index (χ1n) is 9.67. The lowest BCUT2D eigenvalue weighted by Crippen LogP contribution is -2.42. The van der Waals surface area contributed by atoms with Crippen LogP contribution in [0.3, 0.4) is 0 Å². The van der Waals surface area contributed by atoms with Gasteiger partial charge in [-0.25, -0.2) is 5.01 Å². The van der Waals surface area contributed by atoms with Crippen LogP contribution in [0.15, 0.2) is 40.1 Å². The molecular formula is C21H29N3O2S2. The van der Waals surface area contributed by atoms with Gasteiger partial charge in [-0.05, 0) is 34.7 Å². The minimum atomic E-state index is -0.0288. The fourth-order valence-corrected chi connectivity index (χ4v) is 5.01. The number of nitrogens with zero attached hydrogens (tertiary/aromatic N) is 3. The summed E-state index contributed by atoms with van der Waals surface area (Å²) in [7, 11) is 0. The van der Waals surface area contributed by atoms with E-state index in [-0.39, 0.29) is 24.0 Å². The van der Waals surface area contributed by atoms with Crippen molar-refractivity contribution in [3.63, 3.8) is 0 Å². The number of hydrogen-bond donors (Lipinski definition) is 1. The smallest absolute Gasteiger partial charge is 0.257 e. The van der Waals surface area contributed by atoms with Crippen LogP contribution in [0.4, 0.5) is 0 Å². The lowest BCUT2D eigenvalue weighted by molar-refractivity contribution is -0.134. The quantitative estimate of drug-likeness (QED) is 0.697. The van der Waals surface area contributed by atoms with Crippen molar-refractivity contribution in [2.75, 3.05) is 26.2 Å². The molecule has 3 heterocycles. The standard InChI is InChI=1S/C21H29N3O2S2/c1-21(2,3)15-23(9-6-10-25)14-20(26)24-17(19-8-5-12-28-19)13-16(22-24)18-7-4-11-27-18/h4-5,7-8,11-12,17,25H,6,9-10,13-15H2,1-3H3. The molecule has 1 aliphatic rings. The number of hydrazone groups is 1. The number of thiophene rings is 2. The van der Waals surface area contributed by atoms with E-state index in [1.54, 1.807) is 27.7 Å². The normalized spacial score (nSPS) is 17.4. The summed E-state index contributed by atoms with van der Waals surface area (Å²) in [5, 5.41) is 19.7. The predicted molar refractivity (Wildman–Crippen MR) is 117 cm³/mol. The zero-order valence-electron chi connectivity index (χ0n) is 16.8. The highest BCUT2D eigenvalue weighted by atomic mass is 32.1. The Morgan fingerprint density at radius 1 is 1.29 bits per heavy atom. The van der Waals surface area contributed by atoms with E-state index in [2.05, 4.69) is 37.8 Å². The largest absolute Gasteiger partial charge is 0.396 e. The maximum atomic E-state index is 13.2. The second-order valence-electron chi connectivity index (χ2n) is 8.35. The third-order valence-electron chi connectivity index (χ3n) is 4.53. The van der Waals surface area contributed by atoms with Crippen molar-refractivity contribution in [3.8, 4) is 0 Å². The summed E-state index contributed by atoms with van der Waals surface area (Å²) in [6.07, 6.45) is 1.42. The van der Waals surface area contributed by atoms with Crippen LogP contribution < -0.4 is 0 Å². The number of hydrogen-bond acceptors (Lipinski definition) is 6. The topological polar surface area (TPSA) is 56.1 Å². The minimum absolute atomic E-state index is 0.0205. The molecule has 0 spiro atoms. The molecule has 1 N–H and O–H groups in total. The molecule has 1 aliphatic heterocycles. The molecule has 0 saturated heterocycles. The highest BCUT2D eigenvalue weighted by Crippen LogP contribution is 2.36. The van der Waals surface area contributed by atoms with Crippen LogP contribution in [0.2, 0.25) is 0 Å². The van der Waals surface area contributed by atoms with E-state index in [1.165, 1.54) is 4.88 Å². The first-order chi connectivity index (χ1) is 13.4. The summed E-state index contributed by atoms with van der Waals surface area (Å²) < 4.78 is 0. The average molecular weight is 420 g/mol. The molecule has 0 fully saturated rings. The minimum Gasteiger partial charge on any atom is -0.396 e. The van der Waals surface area contributed by atoms with E-state index in [1.807, 2.05) is 22.9 Å². The van der Waals surface area contributed by atoms with Crippen molar-refractivity contribution in [1.82, 2.24) is 9.91 Å². The number of aliphatic hydroxyl groups is 1. The molecule has 7 heteroatoms. The van der Waals surface area contributed by atoms with E-state index < -0.39 is 0 Å². The Morgan fingerprint density at radius 3 is 2.64 bits per heavy atom. The van der Waals surface area contributed by atoms with Gasteiger partial charge in [-0.2, -0.15) is 5.10 Å². The Labute approximate surface area is 175 Å². The maximum absolute atomic E-state index is 13.2. The van der Waals surface area contributed by atoms with E-state index in [0.717, 1.165) is 23.6 Å². The number of rotatable bonds is 8. The van der Waals surface area contributed by atoms with Gasteiger partial charge in [0.1, 0.15) is 0 Å². The van der Waals surface area contributed by atoms with Crippen LogP contribution in [0.5, 0.6) is 0 Å². The molecule has 28 heavy (non-hydrogen) atoms. The second kappa shape index (κ2) is 9.31. The van der Waals surface area contributed by atoms with Crippen LogP contribution in [0.1, 0.15) is 49.4 Å². The molecule has 2 aromatic rings. The first-order valence-corrected chi connectivity index (χ1v) is 11.4. The molecule has 152 valence electrons. The maximum Gasteiger partial charge on any atom is 0.257 e. The van der Waals surface area contributed by atoms with E-state index in [0.29, 0.717) is 19.5 Å². The molecule has 0 aliphatic carbocycles. The van der Waals surface area contributed by atoms with Gasteiger partial charge >= 0.3 is 0 Å². The average Bonchev–Trinajstić information content (AvgIpc) is 3.38. The summed E-state index contributed by atoms with van der Waals surface area (Å²) in [4.78, 5) is 17.7. The number of carbonyl (C=O) groups is 1. The van der Waals surface area contributed by atoms with Gasteiger partial charge in [-0.3, -0.25) is 9.69 Å². The van der Waals surface area contributed by atoms with E-state index in [4.69, 9.17) is 5.10 Å². The molecule has 1 atom stereocenters. The summed E-state index contributed by atoms with van der Waals surface area (Å²) >= 11 is 3.34. The molecule has 3 rings (SSSR count). The SMILES string of the molecule is CC(C)(C)CN(CCCO)CC(=O)N1N=C(c2cccs2)CC1c1cccs1. The lowest BCUT2D eigenvalue weighted by atomic mass is 9.96. The predicted octanol–water partition coefficient (Wildman–Crippen LogP) is 4.22. The van der Waals surface area contributed by atoms with Crippen LogP contribution in [-0.2, 0) is 4.79 Å². The highest BCUT2D eigenvalue weighted by molar-refractivity contribution is 7.12. The Hall–Kier alpha value is -1.54. The molecule has 2 aromatic heterocycles. The van der Waals surface area contributed by atoms with Crippen molar-refractivity contribution in [2.24, 2.45) is 10.5 Å². The summed E-state index contributed by atoms with van der Waals surface area (Å²) in [6, 6.07) is 8.17. The Morgan fingerprint density at radius 2 is 2.04 bits per heavy atom. The van der Waals surface area contributed by atoms with Crippen molar-refractivity contribution in [1.29, 1.82) is 0 Å². The lowest BCUT2D eigenvalue weighted by Gasteiger charge is -2.31. The van der Waals surface area contributed by atoms with Crippen molar-refractivity contribution >= 4 is 34.3 Å². The third-order valence-corrected chi connectivity index (χ3v) is 6.42. The molecule has 5 nitrogen and oxygen atoms in total. The molecule has 0 saturated carbocycles. The van der Waals surface area contributed by atoms with E-state index in [9.17, 15) is 9.90 Å². The van der Waals surface area contributed by atoms with Gasteiger partial charge in [0, 0.05) is 31.0 Å². The van der Waals surface area contributed by atoms with E-state index >= 15 is 0 Å².